The van der Waals surface area contributed by atoms with E-state index in [1.165, 1.54) is 0 Å². The topological polar surface area (TPSA) is 54.4 Å². The molecule has 0 spiro atoms. The summed E-state index contributed by atoms with van der Waals surface area (Å²) >= 11 is 0. The van der Waals surface area contributed by atoms with E-state index in [9.17, 15) is 9.59 Å². The molecule has 0 unspecified atom stereocenters. The first-order valence-corrected chi connectivity index (χ1v) is 5.66. The lowest BCUT2D eigenvalue weighted by atomic mass is 9.86. The molecule has 0 bridgehead atoms. The van der Waals surface area contributed by atoms with Gasteiger partial charge in [0.2, 0.25) is 0 Å². The fraction of sp³-hybridized carbons (Fsp3) is 0.429. The molecular weight excluding hydrogens is 216 g/mol. The van der Waals surface area contributed by atoms with E-state index in [2.05, 4.69) is 0 Å². The Balaban J connectivity index is 2.62. The zero-order valence-electron chi connectivity index (χ0n) is 10.5. The fourth-order valence-electron chi connectivity index (χ4n) is 1.42. The number of benzene rings is 1. The first kappa shape index (κ1) is 13.4. The summed E-state index contributed by atoms with van der Waals surface area (Å²) in [6, 6.07) is 7.34. The fourth-order valence-corrected chi connectivity index (χ4v) is 1.42. The van der Waals surface area contributed by atoms with Gasteiger partial charge in [0.15, 0.2) is 5.78 Å². The van der Waals surface area contributed by atoms with Crippen molar-refractivity contribution in [2.45, 2.75) is 33.6 Å². The Morgan fingerprint density at radius 1 is 1.18 bits per heavy atom. The predicted molar refractivity (Wildman–Crippen MR) is 66.2 cm³/mol. The van der Waals surface area contributed by atoms with Gasteiger partial charge in [-0.15, -0.1) is 0 Å². The Labute approximate surface area is 101 Å². The van der Waals surface area contributed by atoms with Gasteiger partial charge in [-0.25, -0.2) is 0 Å². The molecule has 92 valence electrons. The second-order valence-electron chi connectivity index (χ2n) is 4.98. The van der Waals surface area contributed by atoms with Crippen LogP contribution in [0.15, 0.2) is 24.3 Å². The molecule has 1 rings (SSSR count). The van der Waals surface area contributed by atoms with E-state index in [0.29, 0.717) is 12.0 Å². The third-order valence-electron chi connectivity index (χ3n) is 2.93. The maximum absolute atomic E-state index is 11.8. The van der Waals surface area contributed by atoms with Gasteiger partial charge >= 0.3 is 5.97 Å². The van der Waals surface area contributed by atoms with Gasteiger partial charge in [0, 0.05) is 12.0 Å². The number of aryl methyl sites for hydroxylation is 1. The second kappa shape index (κ2) is 5.13. The summed E-state index contributed by atoms with van der Waals surface area (Å²) in [6.45, 7) is 5.23. The van der Waals surface area contributed by atoms with Gasteiger partial charge in [-0.2, -0.15) is 0 Å². The molecule has 1 aromatic carbocycles. The number of carboxylic acid groups (broad SMARTS) is 1. The molecule has 3 nitrogen and oxygen atoms in total. The van der Waals surface area contributed by atoms with Crippen LogP contribution in [0.1, 0.15) is 42.6 Å². The highest BCUT2D eigenvalue weighted by molar-refractivity contribution is 5.96. The maximum Gasteiger partial charge on any atom is 0.309 e. The first-order chi connectivity index (χ1) is 7.83. The quantitative estimate of drug-likeness (QED) is 0.796. The van der Waals surface area contributed by atoms with Crippen LogP contribution in [0, 0.1) is 12.3 Å². The highest BCUT2D eigenvalue weighted by atomic mass is 16.4. The molecule has 0 amide bonds. The third kappa shape index (κ3) is 3.70. The molecule has 1 N–H and O–H groups in total. The summed E-state index contributed by atoms with van der Waals surface area (Å²) in [5.74, 6) is -0.867. The largest absolute Gasteiger partial charge is 0.481 e. The van der Waals surface area contributed by atoms with Crippen LogP contribution in [0.5, 0.6) is 0 Å². The molecule has 0 aromatic heterocycles. The van der Waals surface area contributed by atoms with Crippen LogP contribution in [0.4, 0.5) is 0 Å². The van der Waals surface area contributed by atoms with Gasteiger partial charge in [-0.1, -0.05) is 29.8 Å². The second-order valence-corrected chi connectivity index (χ2v) is 4.98. The van der Waals surface area contributed by atoms with Crippen molar-refractivity contribution in [1.29, 1.82) is 0 Å². The van der Waals surface area contributed by atoms with Crippen LogP contribution in [0.2, 0.25) is 0 Å². The number of hydrogen-bond donors (Lipinski definition) is 1. The molecule has 0 aliphatic rings. The normalized spacial score (nSPS) is 11.2. The van der Waals surface area contributed by atoms with E-state index in [1.54, 1.807) is 26.0 Å². The minimum atomic E-state index is -0.866. The van der Waals surface area contributed by atoms with Gasteiger partial charge in [-0.05, 0) is 27.2 Å². The van der Waals surface area contributed by atoms with E-state index in [0.717, 1.165) is 5.56 Å². The van der Waals surface area contributed by atoms with Crippen LogP contribution in [-0.4, -0.2) is 16.9 Å². The number of carbonyl (C=O) groups excluding carboxylic acids is 1. The maximum atomic E-state index is 11.8. The van der Waals surface area contributed by atoms with Gasteiger partial charge in [-0.3, -0.25) is 9.59 Å². The number of Topliss-reactive ketones (excluding diaryl/α,β-unsaturated/α-hetero) is 1. The average molecular weight is 234 g/mol. The summed E-state index contributed by atoms with van der Waals surface area (Å²) in [6.07, 6.45) is 0.622. The van der Waals surface area contributed by atoms with Crippen molar-refractivity contribution in [1.82, 2.24) is 0 Å². The van der Waals surface area contributed by atoms with Crippen molar-refractivity contribution in [3.63, 3.8) is 0 Å². The van der Waals surface area contributed by atoms with Gasteiger partial charge in [0.1, 0.15) is 0 Å². The van der Waals surface area contributed by atoms with Crippen LogP contribution >= 0.6 is 0 Å². The zero-order valence-corrected chi connectivity index (χ0v) is 10.5. The molecule has 17 heavy (non-hydrogen) atoms. The summed E-state index contributed by atoms with van der Waals surface area (Å²) in [4.78, 5) is 22.7. The molecule has 0 saturated carbocycles. The van der Waals surface area contributed by atoms with Crippen molar-refractivity contribution < 1.29 is 14.7 Å². The molecule has 0 radical (unpaired) electrons. The monoisotopic (exact) mass is 234 g/mol. The van der Waals surface area contributed by atoms with Gasteiger partial charge in [0.05, 0.1) is 5.41 Å². The number of carboxylic acids is 1. The minimum absolute atomic E-state index is 0.000625. The first-order valence-electron chi connectivity index (χ1n) is 5.66. The number of ketones is 1. The number of rotatable bonds is 5. The Morgan fingerprint density at radius 2 is 1.71 bits per heavy atom. The standard InChI is InChI=1S/C14H18O3/c1-10-4-6-11(7-5-10)12(15)8-9-14(2,3)13(16)17/h4-7H,8-9H2,1-3H3,(H,16,17). The van der Waals surface area contributed by atoms with Crippen LogP contribution in [0.25, 0.3) is 0 Å². The van der Waals surface area contributed by atoms with E-state index in [4.69, 9.17) is 5.11 Å². The van der Waals surface area contributed by atoms with Crippen LogP contribution in [0.3, 0.4) is 0 Å². The van der Waals surface area contributed by atoms with Crippen molar-refractivity contribution in [2.75, 3.05) is 0 Å². The van der Waals surface area contributed by atoms with Crippen LogP contribution in [-0.2, 0) is 4.79 Å². The highest BCUT2D eigenvalue weighted by Gasteiger charge is 2.27. The summed E-state index contributed by atoms with van der Waals surface area (Å²) in [7, 11) is 0. The molecule has 1 aromatic rings. The number of aliphatic carboxylic acids is 1. The van der Waals surface area contributed by atoms with E-state index >= 15 is 0 Å². The van der Waals surface area contributed by atoms with Gasteiger partial charge < -0.3 is 5.11 Å². The van der Waals surface area contributed by atoms with E-state index in [1.807, 2.05) is 19.1 Å². The molecule has 3 heteroatoms. The lowest BCUT2D eigenvalue weighted by Crippen LogP contribution is -2.24. The number of hydrogen-bond acceptors (Lipinski definition) is 2. The lowest BCUT2D eigenvalue weighted by molar-refractivity contribution is -0.147. The SMILES string of the molecule is Cc1ccc(C(=O)CCC(C)(C)C(=O)O)cc1. The van der Waals surface area contributed by atoms with Crippen molar-refractivity contribution in [3.05, 3.63) is 35.4 Å². The zero-order chi connectivity index (χ0) is 13.1. The summed E-state index contributed by atoms with van der Waals surface area (Å²) < 4.78 is 0. The highest BCUT2D eigenvalue weighted by Crippen LogP contribution is 2.23. The summed E-state index contributed by atoms with van der Waals surface area (Å²) in [5, 5.41) is 8.95. The molecule has 0 saturated heterocycles. The molecule has 0 aliphatic carbocycles. The van der Waals surface area contributed by atoms with Gasteiger partial charge in [0.25, 0.3) is 0 Å². The van der Waals surface area contributed by atoms with E-state index in [-0.39, 0.29) is 12.2 Å². The van der Waals surface area contributed by atoms with Crippen LogP contribution < -0.4 is 0 Å². The molecule has 0 aliphatic heterocycles. The van der Waals surface area contributed by atoms with Crippen molar-refractivity contribution >= 4 is 11.8 Å². The molecule has 0 fully saturated rings. The Bertz CT molecular complexity index is 416. The molecule has 0 atom stereocenters. The predicted octanol–water partition coefficient (Wildman–Crippen LogP) is 3.07. The van der Waals surface area contributed by atoms with E-state index < -0.39 is 11.4 Å². The molecular formula is C14H18O3. The van der Waals surface area contributed by atoms with Crippen molar-refractivity contribution in [2.24, 2.45) is 5.41 Å². The Kier molecular flexibility index (Phi) is 4.05. The van der Waals surface area contributed by atoms with Crippen molar-refractivity contribution in [3.8, 4) is 0 Å². The average Bonchev–Trinajstić information content (AvgIpc) is 2.27. The molecule has 0 heterocycles. The minimum Gasteiger partial charge on any atom is -0.481 e. The number of carbonyl (C=O) groups is 2. The third-order valence-corrected chi connectivity index (χ3v) is 2.93. The Hall–Kier alpha value is -1.64. The smallest absolute Gasteiger partial charge is 0.309 e. The Morgan fingerprint density at radius 3 is 2.18 bits per heavy atom. The summed E-state index contributed by atoms with van der Waals surface area (Å²) in [5.41, 5.74) is 0.907. The lowest BCUT2D eigenvalue weighted by Gasteiger charge is -2.18.